The molecule has 2 fully saturated rings. The fourth-order valence-electron chi connectivity index (χ4n) is 3.38. The van der Waals surface area contributed by atoms with Crippen molar-refractivity contribution in [2.75, 3.05) is 13.1 Å². The lowest BCUT2D eigenvalue weighted by Gasteiger charge is -2.41. The molecule has 0 spiro atoms. The second-order valence-electron chi connectivity index (χ2n) is 7.20. The Morgan fingerprint density at radius 2 is 2.00 bits per heavy atom. The minimum absolute atomic E-state index is 0.577. The highest BCUT2D eigenvalue weighted by Crippen LogP contribution is 2.49. The maximum atomic E-state index is 3.75. The summed E-state index contributed by atoms with van der Waals surface area (Å²) in [5.74, 6) is 0.805. The summed E-state index contributed by atoms with van der Waals surface area (Å²) in [6, 6.07) is 2.34. The standard InChI is InChI=1S/C15H30N2/c1-6-13-9-16-12(7-11(2)3)10-17(13)14-8-15(14,4)5/h11-14,16H,6-10H2,1-5H3. The first kappa shape index (κ1) is 13.4. The lowest BCUT2D eigenvalue weighted by molar-refractivity contribution is 0.0980. The molecule has 1 heterocycles. The molecular formula is C15H30N2. The van der Waals surface area contributed by atoms with Crippen LogP contribution in [-0.4, -0.2) is 36.1 Å². The van der Waals surface area contributed by atoms with Gasteiger partial charge in [-0.2, -0.15) is 0 Å². The molecule has 2 heteroatoms. The van der Waals surface area contributed by atoms with Crippen molar-refractivity contribution in [2.24, 2.45) is 11.3 Å². The smallest absolute Gasteiger partial charge is 0.0221 e. The third-order valence-electron chi connectivity index (χ3n) is 4.63. The van der Waals surface area contributed by atoms with E-state index in [2.05, 4.69) is 44.8 Å². The minimum Gasteiger partial charge on any atom is -0.311 e. The van der Waals surface area contributed by atoms with E-state index in [4.69, 9.17) is 0 Å². The summed E-state index contributed by atoms with van der Waals surface area (Å²) in [5.41, 5.74) is 0.577. The van der Waals surface area contributed by atoms with Crippen LogP contribution in [0, 0.1) is 11.3 Å². The molecule has 1 saturated carbocycles. The molecule has 0 bridgehead atoms. The van der Waals surface area contributed by atoms with E-state index in [1.807, 2.05) is 0 Å². The fraction of sp³-hybridized carbons (Fsp3) is 1.00. The zero-order valence-corrected chi connectivity index (χ0v) is 12.3. The van der Waals surface area contributed by atoms with E-state index in [1.54, 1.807) is 0 Å². The third kappa shape index (κ3) is 3.03. The molecule has 2 nitrogen and oxygen atoms in total. The van der Waals surface area contributed by atoms with Crippen molar-refractivity contribution in [3.8, 4) is 0 Å². The van der Waals surface area contributed by atoms with Crippen LogP contribution in [0.3, 0.4) is 0 Å². The van der Waals surface area contributed by atoms with Crippen LogP contribution in [0.25, 0.3) is 0 Å². The van der Waals surface area contributed by atoms with E-state index in [1.165, 1.54) is 32.4 Å². The first-order valence-electron chi connectivity index (χ1n) is 7.43. The molecule has 3 atom stereocenters. The van der Waals surface area contributed by atoms with Crippen molar-refractivity contribution in [3.63, 3.8) is 0 Å². The van der Waals surface area contributed by atoms with Crippen molar-refractivity contribution in [1.82, 2.24) is 10.2 Å². The molecule has 1 aliphatic carbocycles. The van der Waals surface area contributed by atoms with Crippen molar-refractivity contribution < 1.29 is 0 Å². The Labute approximate surface area is 107 Å². The summed E-state index contributed by atoms with van der Waals surface area (Å²) < 4.78 is 0. The van der Waals surface area contributed by atoms with E-state index in [-0.39, 0.29) is 0 Å². The van der Waals surface area contributed by atoms with Crippen LogP contribution < -0.4 is 5.32 Å². The van der Waals surface area contributed by atoms with Crippen LogP contribution in [0.4, 0.5) is 0 Å². The molecule has 1 saturated heterocycles. The second-order valence-corrected chi connectivity index (χ2v) is 7.20. The van der Waals surface area contributed by atoms with Crippen molar-refractivity contribution in [3.05, 3.63) is 0 Å². The molecule has 1 N–H and O–H groups in total. The van der Waals surface area contributed by atoms with Gasteiger partial charge in [0.25, 0.3) is 0 Å². The van der Waals surface area contributed by atoms with Crippen molar-refractivity contribution in [2.45, 2.75) is 72.0 Å². The zero-order valence-electron chi connectivity index (χ0n) is 12.3. The van der Waals surface area contributed by atoms with Crippen LogP contribution in [0.1, 0.15) is 53.9 Å². The maximum Gasteiger partial charge on any atom is 0.0221 e. The topological polar surface area (TPSA) is 15.3 Å². The van der Waals surface area contributed by atoms with Gasteiger partial charge >= 0.3 is 0 Å². The molecule has 0 radical (unpaired) electrons. The van der Waals surface area contributed by atoms with E-state index in [0.29, 0.717) is 11.5 Å². The average Bonchev–Trinajstić information content (AvgIpc) is 2.86. The first-order chi connectivity index (χ1) is 7.94. The maximum absolute atomic E-state index is 3.75. The monoisotopic (exact) mass is 238 g/mol. The van der Waals surface area contributed by atoms with Gasteiger partial charge in [-0.3, -0.25) is 4.90 Å². The normalized spacial score (nSPS) is 37.4. The number of piperazine rings is 1. The molecule has 100 valence electrons. The largest absolute Gasteiger partial charge is 0.311 e. The van der Waals surface area contributed by atoms with Crippen LogP contribution in [0.2, 0.25) is 0 Å². The molecule has 3 unspecified atom stereocenters. The number of hydrogen-bond acceptors (Lipinski definition) is 2. The van der Waals surface area contributed by atoms with E-state index in [0.717, 1.165) is 18.0 Å². The van der Waals surface area contributed by atoms with Gasteiger partial charge in [0, 0.05) is 31.2 Å². The van der Waals surface area contributed by atoms with E-state index < -0.39 is 0 Å². The first-order valence-corrected chi connectivity index (χ1v) is 7.43. The van der Waals surface area contributed by atoms with Gasteiger partial charge in [-0.15, -0.1) is 0 Å². The number of nitrogens with zero attached hydrogens (tertiary/aromatic N) is 1. The summed E-state index contributed by atoms with van der Waals surface area (Å²) in [5, 5.41) is 3.75. The second kappa shape index (κ2) is 4.89. The number of rotatable bonds is 4. The summed E-state index contributed by atoms with van der Waals surface area (Å²) >= 11 is 0. The highest BCUT2D eigenvalue weighted by Gasteiger charge is 2.51. The van der Waals surface area contributed by atoms with Crippen molar-refractivity contribution >= 4 is 0 Å². The van der Waals surface area contributed by atoms with Gasteiger partial charge in [0.15, 0.2) is 0 Å². The van der Waals surface area contributed by atoms with E-state index in [9.17, 15) is 0 Å². The summed E-state index contributed by atoms with van der Waals surface area (Å²) in [7, 11) is 0. The predicted octanol–water partition coefficient (Wildman–Crippen LogP) is 2.88. The summed E-state index contributed by atoms with van der Waals surface area (Å²) in [6.45, 7) is 14.3. The molecule has 0 aromatic carbocycles. The Morgan fingerprint density at radius 1 is 1.35 bits per heavy atom. The minimum atomic E-state index is 0.577. The average molecular weight is 238 g/mol. The van der Waals surface area contributed by atoms with Crippen molar-refractivity contribution in [1.29, 1.82) is 0 Å². The Balaban J connectivity index is 1.95. The van der Waals surface area contributed by atoms with Gasteiger partial charge in [-0.25, -0.2) is 0 Å². The Hall–Kier alpha value is -0.0800. The molecular weight excluding hydrogens is 208 g/mol. The number of nitrogens with one attached hydrogen (secondary N) is 1. The molecule has 2 aliphatic rings. The zero-order chi connectivity index (χ0) is 12.6. The highest BCUT2D eigenvalue weighted by atomic mass is 15.3. The van der Waals surface area contributed by atoms with Crippen LogP contribution in [0.15, 0.2) is 0 Å². The summed E-state index contributed by atoms with van der Waals surface area (Å²) in [6.07, 6.45) is 4.01. The van der Waals surface area contributed by atoms with Gasteiger partial charge < -0.3 is 5.32 Å². The van der Waals surface area contributed by atoms with Gasteiger partial charge in [-0.1, -0.05) is 34.6 Å². The van der Waals surface area contributed by atoms with Gasteiger partial charge in [0.2, 0.25) is 0 Å². The Morgan fingerprint density at radius 3 is 2.47 bits per heavy atom. The van der Waals surface area contributed by atoms with Crippen LogP contribution >= 0.6 is 0 Å². The molecule has 0 aromatic rings. The predicted molar refractivity (Wildman–Crippen MR) is 74.2 cm³/mol. The fourth-order valence-corrected chi connectivity index (χ4v) is 3.38. The Kier molecular flexibility index (Phi) is 3.84. The third-order valence-corrected chi connectivity index (χ3v) is 4.63. The van der Waals surface area contributed by atoms with Gasteiger partial charge in [0.05, 0.1) is 0 Å². The van der Waals surface area contributed by atoms with E-state index >= 15 is 0 Å². The molecule has 2 rings (SSSR count). The SMILES string of the molecule is CCC1CNC(CC(C)C)CN1C1CC1(C)C. The van der Waals surface area contributed by atoms with Gasteiger partial charge in [0.1, 0.15) is 0 Å². The quantitative estimate of drug-likeness (QED) is 0.810. The lowest BCUT2D eigenvalue weighted by Crippen LogP contribution is -2.57. The number of hydrogen-bond donors (Lipinski definition) is 1. The summed E-state index contributed by atoms with van der Waals surface area (Å²) in [4.78, 5) is 2.81. The van der Waals surface area contributed by atoms with Crippen LogP contribution in [0.5, 0.6) is 0 Å². The molecule has 0 aromatic heterocycles. The highest BCUT2D eigenvalue weighted by molar-refractivity contribution is 5.06. The Bertz CT molecular complexity index is 258. The molecule has 0 amide bonds. The molecule has 17 heavy (non-hydrogen) atoms. The lowest BCUT2D eigenvalue weighted by atomic mass is 9.98. The molecule has 1 aliphatic heterocycles. The van der Waals surface area contributed by atoms with Crippen LogP contribution in [-0.2, 0) is 0 Å². The van der Waals surface area contributed by atoms with Gasteiger partial charge in [-0.05, 0) is 30.6 Å².